The molecule has 0 fully saturated rings. The molecular formula is C20H30N2O5S2. The second-order valence-corrected chi connectivity index (χ2v) is 8.10. The van der Waals surface area contributed by atoms with Gasteiger partial charge >= 0.3 is 0 Å². The fraction of sp³-hybridized carbons (Fsp3) is 0.400. The van der Waals surface area contributed by atoms with Gasteiger partial charge in [-0.3, -0.25) is 0 Å². The molecular weight excluding hydrogens is 412 g/mol. The second-order valence-electron chi connectivity index (χ2n) is 6.01. The van der Waals surface area contributed by atoms with Gasteiger partial charge in [-0.2, -0.15) is 8.42 Å². The van der Waals surface area contributed by atoms with Gasteiger partial charge in [0.15, 0.2) is 11.5 Å². The van der Waals surface area contributed by atoms with E-state index in [1.165, 1.54) is 0 Å². The van der Waals surface area contributed by atoms with Crippen LogP contribution in [0.3, 0.4) is 0 Å². The molecule has 0 spiro atoms. The molecule has 29 heavy (non-hydrogen) atoms. The third-order valence-corrected chi connectivity index (χ3v) is 4.89. The van der Waals surface area contributed by atoms with Gasteiger partial charge in [0.1, 0.15) is 5.75 Å². The molecule has 0 radical (unpaired) electrons. The summed E-state index contributed by atoms with van der Waals surface area (Å²) >= 11 is -2.97. The summed E-state index contributed by atoms with van der Waals surface area (Å²) in [6.07, 6.45) is 2.06. The Bertz CT molecular complexity index is 785. The molecule has 9 heteroatoms. The van der Waals surface area contributed by atoms with E-state index in [0.717, 1.165) is 24.0 Å². The quantitative estimate of drug-likeness (QED) is 0.550. The molecule has 7 nitrogen and oxygen atoms in total. The molecule has 2 unspecified atom stereocenters. The molecule has 0 saturated heterocycles. The fourth-order valence-corrected chi connectivity index (χ4v) is 2.72. The molecule has 2 aromatic carbocycles. The number of benzene rings is 2. The number of hydrogen-bond donors (Lipinski definition) is 2. The van der Waals surface area contributed by atoms with Gasteiger partial charge in [0.25, 0.3) is 22.5 Å². The molecule has 2 aromatic rings. The summed E-state index contributed by atoms with van der Waals surface area (Å²) in [4.78, 5) is 0. The molecule has 0 aliphatic heterocycles. The van der Waals surface area contributed by atoms with Gasteiger partial charge in [-0.15, -0.1) is 0 Å². The molecule has 0 amide bonds. The molecule has 0 aromatic heterocycles. The number of unbranched alkanes of at least 4 members (excludes halogenated alkanes) is 1. The Balaban J connectivity index is 0.000000308. The number of hydrogen-bond acceptors (Lipinski definition) is 5. The van der Waals surface area contributed by atoms with Crippen LogP contribution in [0.25, 0.3) is 0 Å². The molecule has 0 bridgehead atoms. The molecule has 0 aliphatic rings. The fourth-order valence-electron chi connectivity index (χ4n) is 1.97. The minimum absolute atomic E-state index is 0.508. The van der Waals surface area contributed by atoms with E-state index in [-0.39, 0.29) is 0 Å². The predicted octanol–water partition coefficient (Wildman–Crippen LogP) is 3.52. The summed E-state index contributed by atoms with van der Waals surface area (Å²) in [5.41, 5.74) is 2.19. The highest BCUT2D eigenvalue weighted by Crippen LogP contribution is 2.28. The summed E-state index contributed by atoms with van der Waals surface area (Å²) < 4.78 is 43.0. The van der Waals surface area contributed by atoms with Crippen LogP contribution in [0, 0.1) is 13.8 Å². The minimum Gasteiger partial charge on any atom is -0.490 e. The average molecular weight is 443 g/mol. The third-order valence-electron chi connectivity index (χ3n) is 3.55. The topological polar surface area (TPSA) is 85.9 Å². The van der Waals surface area contributed by atoms with Crippen molar-refractivity contribution in [2.75, 3.05) is 20.7 Å². The highest BCUT2D eigenvalue weighted by atomic mass is 32.2. The van der Waals surface area contributed by atoms with Crippen LogP contribution < -0.4 is 22.5 Å². The predicted molar refractivity (Wildman–Crippen MR) is 118 cm³/mol. The van der Waals surface area contributed by atoms with Crippen molar-refractivity contribution in [2.24, 2.45) is 0 Å². The Morgan fingerprint density at radius 2 is 1.41 bits per heavy atom. The SMILES string of the molecule is CCCCOc1ccc(C)cc1OS(=O)NC.CNS(=O)Oc1ccc(C)cc1. The zero-order valence-electron chi connectivity index (χ0n) is 17.5. The van der Waals surface area contributed by atoms with Crippen molar-refractivity contribution in [3.63, 3.8) is 0 Å². The highest BCUT2D eigenvalue weighted by molar-refractivity contribution is 7.78. The van der Waals surface area contributed by atoms with Crippen LogP contribution in [0.2, 0.25) is 0 Å². The summed E-state index contributed by atoms with van der Waals surface area (Å²) in [5, 5.41) is 0. The average Bonchev–Trinajstić information content (AvgIpc) is 2.71. The zero-order chi connectivity index (χ0) is 21.6. The summed E-state index contributed by atoms with van der Waals surface area (Å²) in [7, 11) is 3.15. The van der Waals surface area contributed by atoms with Gasteiger partial charge in [0, 0.05) is 0 Å². The number of aryl methyl sites for hydroxylation is 2. The first kappa shape index (κ1) is 25.1. The van der Waals surface area contributed by atoms with E-state index in [9.17, 15) is 8.42 Å². The first-order valence-electron chi connectivity index (χ1n) is 9.24. The van der Waals surface area contributed by atoms with E-state index in [0.29, 0.717) is 23.9 Å². The molecule has 0 saturated carbocycles. The molecule has 2 rings (SSSR count). The molecule has 2 N–H and O–H groups in total. The standard InChI is InChI=1S/C12H19NO3S.C8H11NO2S/c1-4-5-8-15-11-7-6-10(2)9-12(11)16-17(14)13-3;1-7-3-5-8(6-4-7)11-12(10)9-2/h6-7,9,13H,4-5,8H2,1-3H3;3-6,9H,1-2H3. The lowest BCUT2D eigenvalue weighted by Crippen LogP contribution is -2.16. The maximum absolute atomic E-state index is 11.3. The Morgan fingerprint density at radius 1 is 0.828 bits per heavy atom. The van der Waals surface area contributed by atoms with E-state index < -0.39 is 22.5 Å². The van der Waals surface area contributed by atoms with Crippen molar-refractivity contribution < 1.29 is 21.5 Å². The number of rotatable bonds is 10. The van der Waals surface area contributed by atoms with Crippen molar-refractivity contribution >= 4 is 22.5 Å². The van der Waals surface area contributed by atoms with Crippen LogP contribution in [0.1, 0.15) is 30.9 Å². The second kappa shape index (κ2) is 14.1. The van der Waals surface area contributed by atoms with Gasteiger partial charge < -0.3 is 13.1 Å². The van der Waals surface area contributed by atoms with E-state index in [1.54, 1.807) is 26.2 Å². The molecule has 2 atom stereocenters. The summed E-state index contributed by atoms with van der Waals surface area (Å²) in [5.74, 6) is 1.75. The van der Waals surface area contributed by atoms with Crippen molar-refractivity contribution in [2.45, 2.75) is 33.6 Å². The number of nitrogens with one attached hydrogen (secondary N) is 2. The monoisotopic (exact) mass is 442 g/mol. The van der Waals surface area contributed by atoms with Crippen LogP contribution in [0.15, 0.2) is 42.5 Å². The van der Waals surface area contributed by atoms with Gasteiger partial charge in [0.2, 0.25) is 0 Å². The van der Waals surface area contributed by atoms with Crippen LogP contribution >= 0.6 is 0 Å². The maximum Gasteiger partial charge on any atom is 0.287 e. The lowest BCUT2D eigenvalue weighted by molar-refractivity contribution is 0.301. The van der Waals surface area contributed by atoms with Crippen LogP contribution in [-0.4, -0.2) is 29.1 Å². The lowest BCUT2D eigenvalue weighted by atomic mass is 10.2. The Morgan fingerprint density at radius 3 is 2.00 bits per heavy atom. The van der Waals surface area contributed by atoms with E-state index in [1.807, 2.05) is 44.2 Å². The third kappa shape index (κ3) is 10.4. The first-order chi connectivity index (χ1) is 13.9. The summed E-state index contributed by atoms with van der Waals surface area (Å²) in [6, 6.07) is 13.0. The highest BCUT2D eigenvalue weighted by Gasteiger charge is 2.08. The Hall–Kier alpha value is -1.94. The zero-order valence-corrected chi connectivity index (χ0v) is 19.2. The van der Waals surface area contributed by atoms with Crippen LogP contribution in [0.4, 0.5) is 0 Å². The van der Waals surface area contributed by atoms with E-state index in [2.05, 4.69) is 16.4 Å². The van der Waals surface area contributed by atoms with Crippen LogP contribution in [0.5, 0.6) is 17.2 Å². The minimum atomic E-state index is -1.53. The van der Waals surface area contributed by atoms with Gasteiger partial charge in [0.05, 0.1) is 6.61 Å². The van der Waals surface area contributed by atoms with Gasteiger partial charge in [-0.05, 0) is 64.2 Å². The first-order valence-corrected chi connectivity index (χ1v) is 11.4. The van der Waals surface area contributed by atoms with Gasteiger partial charge in [-0.1, -0.05) is 37.1 Å². The summed E-state index contributed by atoms with van der Waals surface area (Å²) in [6.45, 7) is 6.68. The van der Waals surface area contributed by atoms with Crippen molar-refractivity contribution in [1.29, 1.82) is 0 Å². The Labute approximate surface area is 178 Å². The van der Waals surface area contributed by atoms with E-state index in [4.69, 9.17) is 13.1 Å². The van der Waals surface area contributed by atoms with Crippen molar-refractivity contribution in [3.05, 3.63) is 53.6 Å². The molecule has 0 aliphatic carbocycles. The smallest absolute Gasteiger partial charge is 0.287 e. The Kier molecular flexibility index (Phi) is 12.2. The largest absolute Gasteiger partial charge is 0.490 e. The van der Waals surface area contributed by atoms with Crippen molar-refractivity contribution in [1.82, 2.24) is 9.44 Å². The maximum atomic E-state index is 11.3. The normalized spacial score (nSPS) is 12.3. The molecule has 0 heterocycles. The lowest BCUT2D eigenvalue weighted by Gasteiger charge is -2.11. The van der Waals surface area contributed by atoms with Gasteiger partial charge in [-0.25, -0.2) is 9.44 Å². The van der Waals surface area contributed by atoms with E-state index >= 15 is 0 Å². The number of ether oxygens (including phenoxy) is 1. The van der Waals surface area contributed by atoms with Crippen LogP contribution in [-0.2, 0) is 22.5 Å². The molecule has 162 valence electrons. The van der Waals surface area contributed by atoms with Crippen molar-refractivity contribution in [3.8, 4) is 17.2 Å².